The number of ether oxygens (including phenoxy) is 1. The number of benzene rings is 1. The molecule has 1 aliphatic heterocycles. The number of hydrogen-bond acceptors (Lipinski definition) is 7. The molecule has 5 rings (SSSR count). The summed E-state index contributed by atoms with van der Waals surface area (Å²) in [6.07, 6.45) is 9.10. The number of morpholine rings is 1. The van der Waals surface area contributed by atoms with Crippen molar-refractivity contribution in [2.45, 2.75) is 51.0 Å². The van der Waals surface area contributed by atoms with E-state index >= 15 is 0 Å². The fraction of sp³-hybridized carbons (Fsp3) is 0.538. The summed E-state index contributed by atoms with van der Waals surface area (Å²) < 4.78 is 7.42. The minimum atomic E-state index is 0.560. The highest BCUT2D eigenvalue weighted by atomic mass is 16.5. The predicted octanol–water partition coefficient (Wildman–Crippen LogP) is 4.11. The molecule has 182 valence electrons. The van der Waals surface area contributed by atoms with Crippen LogP contribution >= 0.6 is 0 Å². The van der Waals surface area contributed by atoms with Crippen molar-refractivity contribution >= 4 is 23.0 Å². The summed E-state index contributed by atoms with van der Waals surface area (Å²) in [6.45, 7) is 6.20. The highest BCUT2D eigenvalue weighted by Gasteiger charge is 2.23. The number of fused-ring (bicyclic) bond motifs is 1. The van der Waals surface area contributed by atoms with Gasteiger partial charge in [-0.05, 0) is 55.8 Å². The highest BCUT2D eigenvalue weighted by molar-refractivity contribution is 5.66. The van der Waals surface area contributed by atoms with Gasteiger partial charge in [0, 0.05) is 43.5 Å². The van der Waals surface area contributed by atoms with E-state index in [0.717, 1.165) is 81.7 Å². The van der Waals surface area contributed by atoms with Crippen LogP contribution in [0, 0.1) is 0 Å². The average molecular weight is 464 g/mol. The standard InChI is InChI=1S/C26H37N7O/c27-11-3-4-12-28-24-17-25(33-26(31-24)23(18-29-33)21-5-1-2-6-21)30-22-9-7-20(8-10-22)19-32-13-15-34-16-14-32/h7-10,17-18,21,30H,1-6,11-16,19,27H2,(H,28,31). The normalized spacial score (nSPS) is 17.4. The molecule has 2 aromatic heterocycles. The summed E-state index contributed by atoms with van der Waals surface area (Å²) in [4.78, 5) is 7.40. The Labute approximate surface area is 201 Å². The zero-order chi connectivity index (χ0) is 23.2. The number of nitrogens with one attached hydrogen (secondary N) is 2. The minimum absolute atomic E-state index is 0.560. The molecule has 4 N–H and O–H groups in total. The number of hydrogen-bond donors (Lipinski definition) is 3. The number of nitrogens with zero attached hydrogens (tertiary/aromatic N) is 4. The molecule has 1 saturated heterocycles. The Morgan fingerprint density at radius 1 is 1.06 bits per heavy atom. The van der Waals surface area contributed by atoms with Gasteiger partial charge in [-0.2, -0.15) is 9.61 Å². The summed E-state index contributed by atoms with van der Waals surface area (Å²) in [6, 6.07) is 10.8. The Balaban J connectivity index is 1.36. The maximum absolute atomic E-state index is 5.66. The fourth-order valence-corrected chi connectivity index (χ4v) is 5.03. The second-order valence-electron chi connectivity index (χ2n) is 9.48. The highest BCUT2D eigenvalue weighted by Crippen LogP contribution is 2.36. The molecule has 8 nitrogen and oxygen atoms in total. The third kappa shape index (κ3) is 5.51. The van der Waals surface area contributed by atoms with Crippen LogP contribution in [-0.4, -0.2) is 58.9 Å². The topological polar surface area (TPSA) is 92.7 Å². The van der Waals surface area contributed by atoms with Gasteiger partial charge in [0.1, 0.15) is 11.6 Å². The Kier molecular flexibility index (Phi) is 7.58. The van der Waals surface area contributed by atoms with E-state index in [-0.39, 0.29) is 0 Å². The number of anilines is 3. The van der Waals surface area contributed by atoms with Crippen molar-refractivity contribution < 1.29 is 4.74 Å². The lowest BCUT2D eigenvalue weighted by molar-refractivity contribution is 0.0342. The van der Waals surface area contributed by atoms with E-state index in [2.05, 4.69) is 45.9 Å². The molecule has 3 heterocycles. The van der Waals surface area contributed by atoms with E-state index in [0.29, 0.717) is 5.92 Å². The van der Waals surface area contributed by atoms with Crippen LogP contribution in [0.4, 0.5) is 17.3 Å². The van der Waals surface area contributed by atoms with Gasteiger partial charge >= 0.3 is 0 Å². The molecular weight excluding hydrogens is 426 g/mol. The smallest absolute Gasteiger partial charge is 0.163 e. The van der Waals surface area contributed by atoms with Crippen LogP contribution in [-0.2, 0) is 11.3 Å². The molecule has 0 spiro atoms. The summed E-state index contributed by atoms with van der Waals surface area (Å²) in [7, 11) is 0. The second kappa shape index (κ2) is 11.2. The van der Waals surface area contributed by atoms with Gasteiger partial charge in [0.2, 0.25) is 0 Å². The fourth-order valence-electron chi connectivity index (χ4n) is 5.03. The van der Waals surface area contributed by atoms with Crippen LogP contribution in [0.2, 0.25) is 0 Å². The Morgan fingerprint density at radius 2 is 1.85 bits per heavy atom. The molecule has 1 aliphatic carbocycles. The van der Waals surface area contributed by atoms with Gasteiger partial charge in [0.15, 0.2) is 5.65 Å². The maximum Gasteiger partial charge on any atom is 0.163 e. The van der Waals surface area contributed by atoms with Crippen LogP contribution in [0.1, 0.15) is 55.6 Å². The van der Waals surface area contributed by atoms with Crippen molar-refractivity contribution in [3.63, 3.8) is 0 Å². The van der Waals surface area contributed by atoms with Crippen molar-refractivity contribution in [1.29, 1.82) is 0 Å². The predicted molar refractivity (Wildman–Crippen MR) is 137 cm³/mol. The van der Waals surface area contributed by atoms with Gasteiger partial charge in [-0.1, -0.05) is 25.0 Å². The first-order chi connectivity index (χ1) is 16.8. The molecule has 0 atom stereocenters. The molecule has 0 unspecified atom stereocenters. The maximum atomic E-state index is 5.66. The van der Waals surface area contributed by atoms with Gasteiger partial charge in [-0.3, -0.25) is 4.90 Å². The molecule has 1 aromatic carbocycles. The summed E-state index contributed by atoms with van der Waals surface area (Å²) in [5.41, 5.74) is 10.3. The van der Waals surface area contributed by atoms with Crippen molar-refractivity contribution in [2.75, 3.05) is 50.0 Å². The SMILES string of the molecule is NCCCCNc1cc(Nc2ccc(CN3CCOCC3)cc2)n2ncc(C3CCCC3)c2n1. The van der Waals surface area contributed by atoms with E-state index < -0.39 is 0 Å². The molecule has 2 aliphatic rings. The molecule has 34 heavy (non-hydrogen) atoms. The van der Waals surface area contributed by atoms with Crippen molar-refractivity contribution in [3.8, 4) is 0 Å². The molecule has 1 saturated carbocycles. The van der Waals surface area contributed by atoms with Gasteiger partial charge in [0.25, 0.3) is 0 Å². The van der Waals surface area contributed by atoms with Gasteiger partial charge in [-0.25, -0.2) is 4.98 Å². The van der Waals surface area contributed by atoms with Crippen LogP contribution in [0.25, 0.3) is 5.65 Å². The van der Waals surface area contributed by atoms with E-state index in [9.17, 15) is 0 Å². The van der Waals surface area contributed by atoms with Crippen LogP contribution in [0.15, 0.2) is 36.5 Å². The zero-order valence-corrected chi connectivity index (χ0v) is 20.0. The first-order valence-electron chi connectivity index (χ1n) is 12.8. The molecule has 2 fully saturated rings. The molecule has 3 aromatic rings. The molecule has 8 heteroatoms. The lowest BCUT2D eigenvalue weighted by atomic mass is 10.0. The molecule has 0 amide bonds. The lowest BCUT2D eigenvalue weighted by Gasteiger charge is -2.26. The second-order valence-corrected chi connectivity index (χ2v) is 9.48. The summed E-state index contributed by atoms with van der Waals surface area (Å²) in [5, 5.41) is 11.8. The Bertz CT molecular complexity index is 1050. The summed E-state index contributed by atoms with van der Waals surface area (Å²) >= 11 is 0. The minimum Gasteiger partial charge on any atom is -0.379 e. The third-order valence-corrected chi connectivity index (χ3v) is 6.97. The Hall–Kier alpha value is -2.68. The van der Waals surface area contributed by atoms with E-state index in [4.69, 9.17) is 20.6 Å². The van der Waals surface area contributed by atoms with Crippen LogP contribution in [0.5, 0.6) is 0 Å². The largest absolute Gasteiger partial charge is 0.379 e. The first kappa shape index (κ1) is 23.1. The van der Waals surface area contributed by atoms with E-state index in [1.165, 1.54) is 36.8 Å². The zero-order valence-electron chi connectivity index (χ0n) is 20.0. The van der Waals surface area contributed by atoms with Gasteiger partial charge < -0.3 is 21.1 Å². The van der Waals surface area contributed by atoms with Gasteiger partial charge in [-0.15, -0.1) is 0 Å². The van der Waals surface area contributed by atoms with Crippen molar-refractivity contribution in [3.05, 3.63) is 47.7 Å². The third-order valence-electron chi connectivity index (χ3n) is 6.97. The summed E-state index contributed by atoms with van der Waals surface area (Å²) in [5.74, 6) is 2.37. The van der Waals surface area contributed by atoms with E-state index in [1.807, 2.05) is 10.7 Å². The molecular formula is C26H37N7O. The number of aromatic nitrogens is 3. The van der Waals surface area contributed by atoms with Crippen molar-refractivity contribution in [2.24, 2.45) is 5.73 Å². The number of rotatable bonds is 10. The monoisotopic (exact) mass is 463 g/mol. The van der Waals surface area contributed by atoms with Crippen LogP contribution in [0.3, 0.4) is 0 Å². The quantitative estimate of drug-likeness (QED) is 0.390. The van der Waals surface area contributed by atoms with Gasteiger partial charge in [0.05, 0.1) is 19.4 Å². The van der Waals surface area contributed by atoms with E-state index in [1.54, 1.807) is 0 Å². The Morgan fingerprint density at radius 3 is 2.62 bits per heavy atom. The van der Waals surface area contributed by atoms with Crippen LogP contribution < -0.4 is 16.4 Å². The average Bonchev–Trinajstić information content (AvgIpc) is 3.54. The number of nitrogens with two attached hydrogens (primary N) is 1. The molecule has 0 radical (unpaired) electrons. The van der Waals surface area contributed by atoms with Crippen molar-refractivity contribution in [1.82, 2.24) is 19.5 Å². The first-order valence-corrected chi connectivity index (χ1v) is 12.8. The molecule has 0 bridgehead atoms. The number of unbranched alkanes of at least 4 members (excludes halogenated alkanes) is 1. The lowest BCUT2D eigenvalue weighted by Crippen LogP contribution is -2.35.